The lowest BCUT2D eigenvalue weighted by atomic mass is 10.0. The number of hydrogen-bond acceptors (Lipinski definition) is 2. The molecule has 2 heteroatoms. The molecule has 1 aromatic carbocycles. The standard InChI is InChI=1S/C13H14NS/c1-4-12-13(14-10(3)15-12)11-8-6-5-7-9(11)2/h5-8H,1,4H2,2-3H3. The van der Waals surface area contributed by atoms with Crippen LogP contribution in [0.1, 0.15) is 15.4 Å². The first-order chi connectivity index (χ1) is 7.22. The van der Waals surface area contributed by atoms with E-state index < -0.39 is 0 Å². The molecular formula is C13H14NS. The molecule has 2 aromatic rings. The highest BCUT2D eigenvalue weighted by Crippen LogP contribution is 2.30. The minimum Gasteiger partial charge on any atom is -0.241 e. The average molecular weight is 216 g/mol. The molecule has 1 radical (unpaired) electrons. The fourth-order valence-electron chi connectivity index (χ4n) is 1.69. The molecule has 0 atom stereocenters. The van der Waals surface area contributed by atoms with Crippen molar-refractivity contribution in [1.29, 1.82) is 0 Å². The van der Waals surface area contributed by atoms with E-state index >= 15 is 0 Å². The van der Waals surface area contributed by atoms with E-state index in [9.17, 15) is 0 Å². The van der Waals surface area contributed by atoms with E-state index in [1.807, 2.05) is 6.92 Å². The monoisotopic (exact) mass is 216 g/mol. The second-order valence-electron chi connectivity index (χ2n) is 3.57. The van der Waals surface area contributed by atoms with Crippen molar-refractivity contribution in [3.8, 4) is 11.3 Å². The third kappa shape index (κ3) is 1.95. The van der Waals surface area contributed by atoms with Crippen LogP contribution in [-0.4, -0.2) is 4.98 Å². The average Bonchev–Trinajstić information content (AvgIpc) is 2.60. The van der Waals surface area contributed by atoms with E-state index in [0.29, 0.717) is 0 Å². The van der Waals surface area contributed by atoms with E-state index in [-0.39, 0.29) is 0 Å². The summed E-state index contributed by atoms with van der Waals surface area (Å²) in [6, 6.07) is 8.37. The summed E-state index contributed by atoms with van der Waals surface area (Å²) in [7, 11) is 0. The molecule has 0 bridgehead atoms. The van der Waals surface area contributed by atoms with Gasteiger partial charge in [-0.1, -0.05) is 24.3 Å². The summed E-state index contributed by atoms with van der Waals surface area (Å²) < 4.78 is 0. The maximum absolute atomic E-state index is 4.59. The SMILES string of the molecule is [CH2]Cc1sc(C)nc1-c1ccccc1C. The van der Waals surface area contributed by atoms with Gasteiger partial charge in [-0.15, -0.1) is 11.3 Å². The van der Waals surface area contributed by atoms with Gasteiger partial charge in [0.25, 0.3) is 0 Å². The Hall–Kier alpha value is -1.15. The molecule has 15 heavy (non-hydrogen) atoms. The summed E-state index contributed by atoms with van der Waals surface area (Å²) in [5.41, 5.74) is 3.63. The Morgan fingerprint density at radius 2 is 2.00 bits per heavy atom. The van der Waals surface area contributed by atoms with Crippen LogP contribution in [0.25, 0.3) is 11.3 Å². The van der Waals surface area contributed by atoms with Crippen molar-refractivity contribution in [2.45, 2.75) is 20.3 Å². The molecule has 1 heterocycles. The van der Waals surface area contributed by atoms with Gasteiger partial charge in [0.1, 0.15) is 0 Å². The summed E-state index contributed by atoms with van der Waals surface area (Å²) in [6.45, 7) is 8.12. The quantitative estimate of drug-likeness (QED) is 0.744. The summed E-state index contributed by atoms with van der Waals surface area (Å²) in [5.74, 6) is 0. The van der Waals surface area contributed by atoms with Crippen LogP contribution < -0.4 is 0 Å². The Labute approximate surface area is 94.8 Å². The minimum absolute atomic E-state index is 0.815. The first kappa shape index (κ1) is 10.4. The van der Waals surface area contributed by atoms with Crippen molar-refractivity contribution in [3.63, 3.8) is 0 Å². The molecule has 2 rings (SSSR count). The molecule has 0 aliphatic carbocycles. The lowest BCUT2D eigenvalue weighted by Gasteiger charge is -2.03. The van der Waals surface area contributed by atoms with Crippen LogP contribution in [-0.2, 0) is 6.42 Å². The number of aryl methyl sites for hydroxylation is 2. The molecule has 77 valence electrons. The Balaban J connectivity index is 2.58. The second kappa shape index (κ2) is 4.15. The fourth-order valence-corrected chi connectivity index (χ4v) is 2.54. The fraction of sp³-hybridized carbons (Fsp3) is 0.231. The number of benzene rings is 1. The van der Waals surface area contributed by atoms with Crippen molar-refractivity contribution < 1.29 is 0 Å². The molecule has 0 fully saturated rings. The first-order valence-corrected chi connectivity index (χ1v) is 5.85. The Bertz CT molecular complexity index is 471. The maximum Gasteiger partial charge on any atom is 0.0904 e. The van der Waals surface area contributed by atoms with Crippen LogP contribution >= 0.6 is 11.3 Å². The van der Waals surface area contributed by atoms with Gasteiger partial charge < -0.3 is 0 Å². The topological polar surface area (TPSA) is 12.9 Å². The Kier molecular flexibility index (Phi) is 2.87. The molecule has 0 spiro atoms. The largest absolute Gasteiger partial charge is 0.241 e. The molecule has 0 saturated heterocycles. The van der Waals surface area contributed by atoms with Crippen LogP contribution in [0, 0.1) is 20.8 Å². The third-order valence-corrected chi connectivity index (χ3v) is 3.46. The second-order valence-corrected chi connectivity index (χ2v) is 4.86. The lowest BCUT2D eigenvalue weighted by Crippen LogP contribution is -1.87. The van der Waals surface area contributed by atoms with E-state index in [0.717, 1.165) is 17.1 Å². The van der Waals surface area contributed by atoms with Gasteiger partial charge in [-0.25, -0.2) is 4.98 Å². The molecular weight excluding hydrogens is 202 g/mol. The first-order valence-electron chi connectivity index (χ1n) is 5.04. The van der Waals surface area contributed by atoms with Gasteiger partial charge in [0.15, 0.2) is 0 Å². The van der Waals surface area contributed by atoms with Crippen molar-refractivity contribution >= 4 is 11.3 Å². The minimum atomic E-state index is 0.815. The van der Waals surface area contributed by atoms with Gasteiger partial charge in [0, 0.05) is 10.4 Å². The Morgan fingerprint density at radius 1 is 1.27 bits per heavy atom. The molecule has 0 amide bonds. The maximum atomic E-state index is 4.59. The normalized spacial score (nSPS) is 10.6. The predicted octanol–water partition coefficient (Wildman–Crippen LogP) is 3.80. The summed E-state index contributed by atoms with van der Waals surface area (Å²) in [4.78, 5) is 5.87. The van der Waals surface area contributed by atoms with E-state index in [1.165, 1.54) is 16.0 Å². The summed E-state index contributed by atoms with van der Waals surface area (Å²) in [6.07, 6.45) is 0.815. The molecule has 1 aromatic heterocycles. The van der Waals surface area contributed by atoms with Crippen LogP contribution in [0.4, 0.5) is 0 Å². The highest BCUT2D eigenvalue weighted by molar-refractivity contribution is 7.12. The van der Waals surface area contributed by atoms with Gasteiger partial charge in [-0.05, 0) is 32.8 Å². The number of hydrogen-bond donors (Lipinski definition) is 0. The highest BCUT2D eigenvalue weighted by Gasteiger charge is 2.10. The van der Waals surface area contributed by atoms with Gasteiger partial charge in [-0.2, -0.15) is 0 Å². The molecule has 1 nitrogen and oxygen atoms in total. The predicted molar refractivity (Wildman–Crippen MR) is 66.1 cm³/mol. The zero-order valence-electron chi connectivity index (χ0n) is 9.08. The van der Waals surface area contributed by atoms with Crippen LogP contribution in [0.2, 0.25) is 0 Å². The zero-order valence-corrected chi connectivity index (χ0v) is 9.90. The van der Waals surface area contributed by atoms with Gasteiger partial charge >= 0.3 is 0 Å². The van der Waals surface area contributed by atoms with Crippen molar-refractivity contribution in [1.82, 2.24) is 4.98 Å². The molecule has 0 aliphatic rings. The van der Waals surface area contributed by atoms with Crippen LogP contribution in [0.5, 0.6) is 0 Å². The highest BCUT2D eigenvalue weighted by atomic mass is 32.1. The van der Waals surface area contributed by atoms with Gasteiger partial charge in [0.05, 0.1) is 10.7 Å². The number of rotatable bonds is 2. The molecule has 0 unspecified atom stereocenters. The lowest BCUT2D eigenvalue weighted by molar-refractivity contribution is 1.24. The van der Waals surface area contributed by atoms with Crippen LogP contribution in [0.3, 0.4) is 0 Å². The van der Waals surface area contributed by atoms with Crippen molar-refractivity contribution in [3.05, 3.63) is 46.6 Å². The summed E-state index contributed by atoms with van der Waals surface area (Å²) in [5, 5.41) is 1.12. The van der Waals surface area contributed by atoms with E-state index in [4.69, 9.17) is 0 Å². The Morgan fingerprint density at radius 3 is 2.67 bits per heavy atom. The van der Waals surface area contributed by atoms with Crippen LogP contribution in [0.15, 0.2) is 24.3 Å². The zero-order chi connectivity index (χ0) is 10.8. The number of thiazole rings is 1. The number of nitrogens with zero attached hydrogens (tertiary/aromatic N) is 1. The van der Waals surface area contributed by atoms with Crippen molar-refractivity contribution in [2.24, 2.45) is 0 Å². The molecule has 0 saturated carbocycles. The summed E-state index contributed by atoms with van der Waals surface area (Å²) >= 11 is 1.74. The smallest absolute Gasteiger partial charge is 0.0904 e. The van der Waals surface area contributed by atoms with Gasteiger partial charge in [0.2, 0.25) is 0 Å². The molecule has 0 aliphatic heterocycles. The number of aromatic nitrogens is 1. The van der Waals surface area contributed by atoms with Crippen molar-refractivity contribution in [2.75, 3.05) is 0 Å². The van der Waals surface area contributed by atoms with E-state index in [2.05, 4.69) is 43.1 Å². The van der Waals surface area contributed by atoms with E-state index in [1.54, 1.807) is 11.3 Å². The van der Waals surface area contributed by atoms with Gasteiger partial charge in [-0.3, -0.25) is 0 Å². The third-order valence-electron chi connectivity index (χ3n) is 2.43. The molecule has 0 N–H and O–H groups in total.